The normalized spacial score (nSPS) is 16.6. The van der Waals surface area contributed by atoms with Gasteiger partial charge in [0, 0.05) is 26.6 Å². The van der Waals surface area contributed by atoms with Crippen molar-refractivity contribution >= 4 is 37.4 Å². The number of fused-ring (bicyclic) bond motifs is 1. The summed E-state index contributed by atoms with van der Waals surface area (Å²) in [5.74, 6) is 0. The van der Waals surface area contributed by atoms with Crippen LogP contribution < -0.4 is 5.32 Å². The van der Waals surface area contributed by atoms with Crippen LogP contribution >= 0.6 is 27.3 Å². The zero-order valence-corrected chi connectivity index (χ0v) is 11.4. The average molecular weight is 296 g/mol. The molecular formula is C13H14BrNS. The van der Waals surface area contributed by atoms with E-state index in [1.54, 1.807) is 0 Å². The van der Waals surface area contributed by atoms with Gasteiger partial charge < -0.3 is 5.32 Å². The SMILES string of the molecule is Brc1cccc2cc(CNC3CCC3)sc12. The standard InChI is InChI=1S/C13H14BrNS/c14-12-6-1-3-9-7-11(16-13(9)12)8-15-10-4-2-5-10/h1,3,6-7,10,15H,2,4-5,8H2. The molecule has 1 aromatic heterocycles. The molecule has 3 heteroatoms. The molecule has 0 amide bonds. The Hall–Kier alpha value is -0.380. The van der Waals surface area contributed by atoms with Crippen LogP contribution in [0.4, 0.5) is 0 Å². The third-order valence-electron chi connectivity index (χ3n) is 3.22. The maximum atomic E-state index is 3.61. The van der Waals surface area contributed by atoms with Crippen molar-refractivity contribution in [3.63, 3.8) is 0 Å². The number of benzene rings is 1. The first-order chi connectivity index (χ1) is 7.83. The van der Waals surface area contributed by atoms with Crippen molar-refractivity contribution in [2.24, 2.45) is 0 Å². The highest BCUT2D eigenvalue weighted by molar-refractivity contribution is 9.10. The van der Waals surface area contributed by atoms with Gasteiger partial charge in [-0.1, -0.05) is 18.6 Å². The minimum atomic E-state index is 0.772. The lowest BCUT2D eigenvalue weighted by molar-refractivity contribution is 0.339. The van der Waals surface area contributed by atoms with Crippen LogP contribution in [-0.4, -0.2) is 6.04 Å². The molecule has 1 nitrogen and oxygen atoms in total. The summed E-state index contributed by atoms with van der Waals surface area (Å²) in [4.78, 5) is 1.44. The van der Waals surface area contributed by atoms with Crippen LogP contribution in [-0.2, 0) is 6.54 Å². The van der Waals surface area contributed by atoms with Crippen molar-refractivity contribution in [3.05, 3.63) is 33.6 Å². The van der Waals surface area contributed by atoms with E-state index in [1.807, 2.05) is 11.3 Å². The van der Waals surface area contributed by atoms with Crippen LogP contribution in [0.2, 0.25) is 0 Å². The molecule has 0 saturated heterocycles. The van der Waals surface area contributed by atoms with Gasteiger partial charge in [-0.05, 0) is 46.3 Å². The van der Waals surface area contributed by atoms with Gasteiger partial charge in [-0.25, -0.2) is 0 Å². The Morgan fingerprint density at radius 2 is 2.25 bits per heavy atom. The fourth-order valence-corrected chi connectivity index (χ4v) is 3.66. The molecule has 1 fully saturated rings. The number of rotatable bonds is 3. The van der Waals surface area contributed by atoms with Gasteiger partial charge in [0.05, 0.1) is 0 Å². The molecule has 1 heterocycles. The molecule has 1 saturated carbocycles. The van der Waals surface area contributed by atoms with Gasteiger partial charge >= 0.3 is 0 Å². The molecule has 1 aliphatic rings. The Bertz CT molecular complexity index is 502. The monoisotopic (exact) mass is 295 g/mol. The van der Waals surface area contributed by atoms with Gasteiger partial charge in [-0.15, -0.1) is 11.3 Å². The Kier molecular flexibility index (Phi) is 3.01. The average Bonchev–Trinajstić information content (AvgIpc) is 2.60. The molecule has 2 aromatic rings. The minimum absolute atomic E-state index is 0.772. The zero-order chi connectivity index (χ0) is 11.0. The molecule has 1 aliphatic carbocycles. The van der Waals surface area contributed by atoms with E-state index >= 15 is 0 Å². The zero-order valence-electron chi connectivity index (χ0n) is 9.00. The number of thiophene rings is 1. The first-order valence-electron chi connectivity index (χ1n) is 5.73. The van der Waals surface area contributed by atoms with Gasteiger partial charge in [-0.2, -0.15) is 0 Å². The van der Waals surface area contributed by atoms with Crippen LogP contribution in [0.3, 0.4) is 0 Å². The number of hydrogen-bond acceptors (Lipinski definition) is 2. The quantitative estimate of drug-likeness (QED) is 0.890. The molecule has 1 aromatic carbocycles. The fraction of sp³-hybridized carbons (Fsp3) is 0.385. The number of nitrogens with one attached hydrogen (secondary N) is 1. The summed E-state index contributed by atoms with van der Waals surface area (Å²) in [7, 11) is 0. The summed E-state index contributed by atoms with van der Waals surface area (Å²) in [5, 5.41) is 4.96. The Labute approximate surface area is 108 Å². The maximum absolute atomic E-state index is 3.61. The van der Waals surface area contributed by atoms with Gasteiger partial charge in [-0.3, -0.25) is 0 Å². The molecule has 0 spiro atoms. The van der Waals surface area contributed by atoms with Crippen molar-refractivity contribution in [1.82, 2.24) is 5.32 Å². The van der Waals surface area contributed by atoms with Crippen molar-refractivity contribution in [2.75, 3.05) is 0 Å². The van der Waals surface area contributed by atoms with E-state index in [-0.39, 0.29) is 0 Å². The third kappa shape index (κ3) is 2.04. The Balaban J connectivity index is 1.79. The van der Waals surface area contributed by atoms with Crippen molar-refractivity contribution in [1.29, 1.82) is 0 Å². The van der Waals surface area contributed by atoms with Crippen molar-refractivity contribution in [2.45, 2.75) is 31.8 Å². The molecule has 16 heavy (non-hydrogen) atoms. The van der Waals surface area contributed by atoms with Gasteiger partial charge in [0.2, 0.25) is 0 Å². The molecule has 0 unspecified atom stereocenters. The minimum Gasteiger partial charge on any atom is -0.309 e. The van der Waals surface area contributed by atoms with E-state index in [2.05, 4.69) is 45.5 Å². The number of halogens is 1. The largest absolute Gasteiger partial charge is 0.309 e. The summed E-state index contributed by atoms with van der Waals surface area (Å²) in [6.45, 7) is 1.02. The highest BCUT2D eigenvalue weighted by Crippen LogP contribution is 2.32. The Morgan fingerprint density at radius 3 is 2.94 bits per heavy atom. The second kappa shape index (κ2) is 4.47. The van der Waals surface area contributed by atoms with Crippen molar-refractivity contribution in [3.8, 4) is 0 Å². The molecule has 0 radical (unpaired) electrons. The molecular weight excluding hydrogens is 282 g/mol. The number of hydrogen-bond donors (Lipinski definition) is 1. The third-order valence-corrected chi connectivity index (χ3v) is 5.32. The van der Waals surface area contributed by atoms with Crippen LogP contribution in [0.15, 0.2) is 28.7 Å². The van der Waals surface area contributed by atoms with Crippen LogP contribution in [0.25, 0.3) is 10.1 Å². The van der Waals surface area contributed by atoms with Crippen molar-refractivity contribution < 1.29 is 0 Å². The lowest BCUT2D eigenvalue weighted by Gasteiger charge is -2.26. The summed E-state index contributed by atoms with van der Waals surface area (Å²) in [5.41, 5.74) is 0. The predicted molar refractivity (Wildman–Crippen MR) is 74.0 cm³/mol. The maximum Gasteiger partial charge on any atom is 0.0488 e. The fourth-order valence-electron chi connectivity index (χ4n) is 2.03. The van der Waals surface area contributed by atoms with E-state index in [1.165, 1.54) is 38.7 Å². The van der Waals surface area contributed by atoms with Gasteiger partial charge in [0.25, 0.3) is 0 Å². The summed E-state index contributed by atoms with van der Waals surface area (Å²) < 4.78 is 2.58. The summed E-state index contributed by atoms with van der Waals surface area (Å²) in [6, 6.07) is 9.47. The first-order valence-corrected chi connectivity index (χ1v) is 7.34. The molecule has 0 atom stereocenters. The van der Waals surface area contributed by atoms with Crippen LogP contribution in [0.5, 0.6) is 0 Å². The highest BCUT2D eigenvalue weighted by atomic mass is 79.9. The Morgan fingerprint density at radius 1 is 1.38 bits per heavy atom. The summed E-state index contributed by atoms with van der Waals surface area (Å²) in [6.07, 6.45) is 4.11. The smallest absolute Gasteiger partial charge is 0.0488 e. The second-order valence-corrected chi connectivity index (χ2v) is 6.37. The summed E-state index contributed by atoms with van der Waals surface area (Å²) >= 11 is 5.50. The first kappa shape index (κ1) is 10.8. The van der Waals surface area contributed by atoms with E-state index in [0.29, 0.717) is 0 Å². The van der Waals surface area contributed by atoms with E-state index in [0.717, 1.165) is 12.6 Å². The molecule has 1 N–H and O–H groups in total. The topological polar surface area (TPSA) is 12.0 Å². The van der Waals surface area contributed by atoms with E-state index in [9.17, 15) is 0 Å². The molecule has 3 rings (SSSR count). The van der Waals surface area contributed by atoms with E-state index in [4.69, 9.17) is 0 Å². The van der Waals surface area contributed by atoms with Gasteiger partial charge in [0.15, 0.2) is 0 Å². The van der Waals surface area contributed by atoms with E-state index < -0.39 is 0 Å². The highest BCUT2D eigenvalue weighted by Gasteiger charge is 2.16. The lowest BCUT2D eigenvalue weighted by atomic mass is 9.93. The molecule has 0 aliphatic heterocycles. The second-order valence-electron chi connectivity index (χ2n) is 4.38. The van der Waals surface area contributed by atoms with Gasteiger partial charge in [0.1, 0.15) is 0 Å². The lowest BCUT2D eigenvalue weighted by Crippen LogP contribution is -2.34. The molecule has 84 valence electrons. The molecule has 0 bridgehead atoms. The van der Waals surface area contributed by atoms with Crippen LogP contribution in [0.1, 0.15) is 24.1 Å². The van der Waals surface area contributed by atoms with Crippen LogP contribution in [0, 0.1) is 0 Å². The predicted octanol–water partition coefficient (Wildman–Crippen LogP) is 4.31.